The maximum atomic E-state index is 4.58. The average molecular weight is 331 g/mol. The molecule has 2 aromatic rings. The van der Waals surface area contributed by atoms with Crippen molar-refractivity contribution >= 4 is 17.7 Å². The Labute approximate surface area is 142 Å². The molecular formula is C17H25N5S. The number of rotatable bonds is 6. The minimum Gasteiger partial charge on any atom is -0.355 e. The maximum Gasteiger partial charge on any atom is 0.191 e. The lowest BCUT2D eigenvalue weighted by Crippen LogP contribution is -2.43. The van der Waals surface area contributed by atoms with E-state index in [0.29, 0.717) is 6.54 Å². The monoisotopic (exact) mass is 331 g/mol. The van der Waals surface area contributed by atoms with Crippen LogP contribution in [0.3, 0.4) is 0 Å². The van der Waals surface area contributed by atoms with Gasteiger partial charge in [0.05, 0.1) is 17.9 Å². The van der Waals surface area contributed by atoms with Gasteiger partial charge < -0.3 is 10.6 Å². The molecule has 0 amide bonds. The third kappa shape index (κ3) is 5.32. The summed E-state index contributed by atoms with van der Waals surface area (Å²) in [5, 5.41) is 11.2. The highest BCUT2D eigenvalue weighted by atomic mass is 32.2. The van der Waals surface area contributed by atoms with Crippen LogP contribution in [0.5, 0.6) is 0 Å². The van der Waals surface area contributed by atoms with Crippen LogP contribution in [0.4, 0.5) is 0 Å². The summed E-state index contributed by atoms with van der Waals surface area (Å²) in [6, 6.07) is 12.1. The number of para-hydroxylation sites is 1. The first kappa shape index (κ1) is 17.4. The molecule has 0 radical (unpaired) electrons. The number of benzene rings is 1. The number of hydrogen-bond acceptors (Lipinski definition) is 3. The molecule has 1 aromatic heterocycles. The van der Waals surface area contributed by atoms with Crippen molar-refractivity contribution in [1.82, 2.24) is 20.4 Å². The van der Waals surface area contributed by atoms with E-state index in [1.165, 1.54) is 0 Å². The Balaban J connectivity index is 1.89. The molecule has 124 valence electrons. The molecule has 2 N–H and O–H groups in total. The standard InChI is InChI=1S/C17H25N5S/c1-17(2,23-4)13-20-16(18-3)19-12-14-10-11-22(21-14)15-8-6-5-7-9-15/h5-11H,12-13H2,1-4H3,(H2,18,19,20). The van der Waals surface area contributed by atoms with Crippen LogP contribution in [0.1, 0.15) is 19.5 Å². The smallest absolute Gasteiger partial charge is 0.191 e. The molecule has 6 heteroatoms. The lowest BCUT2D eigenvalue weighted by atomic mass is 10.2. The quantitative estimate of drug-likeness (QED) is 0.631. The molecule has 1 aromatic carbocycles. The van der Waals surface area contributed by atoms with E-state index in [9.17, 15) is 0 Å². The summed E-state index contributed by atoms with van der Waals surface area (Å²) in [5.74, 6) is 0.793. The number of nitrogens with one attached hydrogen (secondary N) is 2. The molecule has 0 unspecified atom stereocenters. The van der Waals surface area contributed by atoms with E-state index in [0.717, 1.165) is 23.9 Å². The van der Waals surface area contributed by atoms with Crippen LogP contribution in [0.15, 0.2) is 47.6 Å². The van der Waals surface area contributed by atoms with Gasteiger partial charge in [-0.05, 0) is 38.3 Å². The van der Waals surface area contributed by atoms with Gasteiger partial charge in [0.2, 0.25) is 0 Å². The first-order chi connectivity index (χ1) is 11.0. The van der Waals surface area contributed by atoms with Gasteiger partial charge in [0, 0.05) is 24.5 Å². The number of aromatic nitrogens is 2. The van der Waals surface area contributed by atoms with Crippen LogP contribution < -0.4 is 10.6 Å². The second-order valence-electron chi connectivity index (χ2n) is 5.83. The van der Waals surface area contributed by atoms with Crippen molar-refractivity contribution in [2.75, 3.05) is 19.8 Å². The zero-order valence-corrected chi connectivity index (χ0v) is 15.0. The third-order valence-electron chi connectivity index (χ3n) is 3.56. The predicted octanol–water partition coefficient (Wildman–Crippen LogP) is 2.68. The molecule has 0 aliphatic carbocycles. The van der Waals surface area contributed by atoms with Gasteiger partial charge in [-0.15, -0.1) is 0 Å². The summed E-state index contributed by atoms with van der Waals surface area (Å²) < 4.78 is 2.05. The highest BCUT2D eigenvalue weighted by Crippen LogP contribution is 2.19. The molecule has 0 spiro atoms. The minimum absolute atomic E-state index is 0.173. The second kappa shape index (κ2) is 8.06. The van der Waals surface area contributed by atoms with Crippen LogP contribution in [0, 0.1) is 0 Å². The van der Waals surface area contributed by atoms with Crippen molar-refractivity contribution in [2.45, 2.75) is 25.1 Å². The minimum atomic E-state index is 0.173. The van der Waals surface area contributed by atoms with Gasteiger partial charge in [-0.1, -0.05) is 18.2 Å². The van der Waals surface area contributed by atoms with Crippen molar-refractivity contribution in [1.29, 1.82) is 0 Å². The van der Waals surface area contributed by atoms with Gasteiger partial charge >= 0.3 is 0 Å². The molecule has 5 nitrogen and oxygen atoms in total. The van der Waals surface area contributed by atoms with Crippen molar-refractivity contribution < 1.29 is 0 Å². The van der Waals surface area contributed by atoms with Crippen molar-refractivity contribution in [3.05, 3.63) is 48.3 Å². The van der Waals surface area contributed by atoms with Crippen LogP contribution >= 0.6 is 11.8 Å². The number of guanidine groups is 1. The summed E-state index contributed by atoms with van der Waals surface area (Å²) in [5.41, 5.74) is 2.03. The van der Waals surface area contributed by atoms with Crippen molar-refractivity contribution in [3.63, 3.8) is 0 Å². The van der Waals surface area contributed by atoms with E-state index in [1.54, 1.807) is 7.05 Å². The van der Waals surface area contributed by atoms with E-state index in [4.69, 9.17) is 0 Å². The molecule has 0 bridgehead atoms. The molecule has 2 rings (SSSR count). The fourth-order valence-corrected chi connectivity index (χ4v) is 2.16. The Morgan fingerprint density at radius 1 is 1.22 bits per heavy atom. The number of hydrogen-bond donors (Lipinski definition) is 2. The van der Waals surface area contributed by atoms with Crippen LogP contribution in [-0.4, -0.2) is 40.3 Å². The second-order valence-corrected chi connectivity index (χ2v) is 7.34. The zero-order chi connectivity index (χ0) is 16.7. The van der Waals surface area contributed by atoms with Crippen LogP contribution in [0.25, 0.3) is 5.69 Å². The van der Waals surface area contributed by atoms with Crippen molar-refractivity contribution in [3.8, 4) is 5.69 Å². The number of nitrogens with zero attached hydrogens (tertiary/aromatic N) is 3. The Hall–Kier alpha value is -1.95. The molecule has 0 saturated carbocycles. The third-order valence-corrected chi connectivity index (χ3v) is 4.81. The van der Waals surface area contributed by atoms with Gasteiger partial charge in [-0.25, -0.2) is 4.68 Å². The Morgan fingerprint density at radius 3 is 2.61 bits per heavy atom. The zero-order valence-electron chi connectivity index (χ0n) is 14.2. The highest BCUT2D eigenvalue weighted by Gasteiger charge is 2.16. The average Bonchev–Trinajstić information content (AvgIpc) is 3.05. The Kier molecular flexibility index (Phi) is 6.10. The van der Waals surface area contributed by atoms with E-state index < -0.39 is 0 Å². The molecule has 0 aliphatic rings. The number of aliphatic imine (C=N–C) groups is 1. The maximum absolute atomic E-state index is 4.58. The van der Waals surface area contributed by atoms with Crippen LogP contribution in [-0.2, 0) is 6.54 Å². The van der Waals surface area contributed by atoms with Crippen LogP contribution in [0.2, 0.25) is 0 Å². The topological polar surface area (TPSA) is 54.2 Å². The van der Waals surface area contributed by atoms with Gasteiger partial charge in [-0.2, -0.15) is 16.9 Å². The molecule has 0 atom stereocenters. The van der Waals surface area contributed by atoms with Gasteiger partial charge in [0.15, 0.2) is 5.96 Å². The normalized spacial score (nSPS) is 12.3. The fourth-order valence-electron chi connectivity index (χ4n) is 1.94. The predicted molar refractivity (Wildman–Crippen MR) is 99.4 cm³/mol. The fraction of sp³-hybridized carbons (Fsp3) is 0.412. The largest absolute Gasteiger partial charge is 0.355 e. The lowest BCUT2D eigenvalue weighted by molar-refractivity contribution is 0.662. The summed E-state index contributed by atoms with van der Waals surface area (Å²) >= 11 is 1.83. The summed E-state index contributed by atoms with van der Waals surface area (Å²) in [6.45, 7) is 5.91. The Bertz CT molecular complexity index is 633. The van der Waals surface area contributed by atoms with Gasteiger partial charge in [-0.3, -0.25) is 4.99 Å². The molecule has 0 fully saturated rings. The Morgan fingerprint density at radius 2 is 1.96 bits per heavy atom. The molecule has 23 heavy (non-hydrogen) atoms. The lowest BCUT2D eigenvalue weighted by Gasteiger charge is -2.23. The van der Waals surface area contributed by atoms with E-state index in [2.05, 4.69) is 40.8 Å². The molecule has 0 saturated heterocycles. The van der Waals surface area contributed by atoms with Crippen molar-refractivity contribution in [2.24, 2.45) is 4.99 Å². The first-order valence-electron chi connectivity index (χ1n) is 7.64. The summed E-state index contributed by atoms with van der Waals surface area (Å²) in [4.78, 5) is 4.26. The molecular weight excluding hydrogens is 306 g/mol. The van der Waals surface area contributed by atoms with E-state index in [-0.39, 0.29) is 4.75 Å². The van der Waals surface area contributed by atoms with Gasteiger partial charge in [0.1, 0.15) is 0 Å². The summed E-state index contributed by atoms with van der Waals surface area (Å²) in [7, 11) is 1.78. The number of thioether (sulfide) groups is 1. The van der Waals surface area contributed by atoms with E-state index in [1.807, 2.05) is 59.0 Å². The SMILES string of the molecule is CN=C(NCc1ccn(-c2ccccc2)n1)NCC(C)(C)SC. The van der Waals surface area contributed by atoms with E-state index >= 15 is 0 Å². The molecule has 0 aliphatic heterocycles. The summed E-state index contributed by atoms with van der Waals surface area (Å²) in [6.07, 6.45) is 4.09. The molecule has 1 heterocycles. The first-order valence-corrected chi connectivity index (χ1v) is 8.86. The van der Waals surface area contributed by atoms with Gasteiger partial charge in [0.25, 0.3) is 0 Å². The highest BCUT2D eigenvalue weighted by molar-refractivity contribution is 7.99.